The van der Waals surface area contributed by atoms with Gasteiger partial charge >= 0.3 is 0 Å². The van der Waals surface area contributed by atoms with Gasteiger partial charge in [0.2, 0.25) is 15.9 Å². The van der Waals surface area contributed by atoms with Crippen LogP contribution < -0.4 is 5.73 Å². The summed E-state index contributed by atoms with van der Waals surface area (Å²) in [7, 11) is -1.65. The van der Waals surface area contributed by atoms with E-state index < -0.39 is 16.1 Å². The summed E-state index contributed by atoms with van der Waals surface area (Å²) in [6.07, 6.45) is 3.58. The van der Waals surface area contributed by atoms with Gasteiger partial charge in [-0.15, -0.1) is 0 Å². The van der Waals surface area contributed by atoms with Crippen LogP contribution in [0.1, 0.15) is 42.0 Å². The number of likely N-dealkylation sites (tertiary alicyclic amines) is 1. The molecule has 1 aliphatic carbocycles. The fourth-order valence-corrected chi connectivity index (χ4v) is 5.88. The SMILES string of the molecule is CN(C1CC2(CCN(C(=O)[C@H](N)COCc3ccccc3)CC2)c2ccccc21)S(C)(=O)=O. The molecule has 0 aromatic heterocycles. The Balaban J connectivity index is 1.38. The summed E-state index contributed by atoms with van der Waals surface area (Å²) in [5.41, 5.74) is 9.38. The van der Waals surface area contributed by atoms with Crippen LogP contribution in [0.3, 0.4) is 0 Å². The number of nitrogens with zero attached hydrogens (tertiary/aromatic N) is 2. The van der Waals surface area contributed by atoms with Crippen LogP contribution in [0.4, 0.5) is 0 Å². The molecule has 1 spiro atoms. The third-order valence-corrected chi connectivity index (χ3v) is 8.50. The van der Waals surface area contributed by atoms with Crippen LogP contribution in [0, 0.1) is 0 Å². The summed E-state index contributed by atoms with van der Waals surface area (Å²) in [6.45, 7) is 1.82. The Kier molecular flexibility index (Phi) is 6.91. The van der Waals surface area contributed by atoms with E-state index in [1.54, 1.807) is 7.05 Å². The number of rotatable bonds is 7. The molecule has 33 heavy (non-hydrogen) atoms. The Hall–Kier alpha value is -2.26. The average molecular weight is 472 g/mol. The predicted octanol–water partition coefficient (Wildman–Crippen LogP) is 2.43. The number of carbonyl (C=O) groups is 1. The van der Waals surface area contributed by atoms with Crippen LogP contribution in [-0.2, 0) is 31.6 Å². The first-order valence-corrected chi connectivity index (χ1v) is 13.2. The average Bonchev–Trinajstić information content (AvgIpc) is 3.12. The van der Waals surface area contributed by atoms with E-state index in [1.165, 1.54) is 16.1 Å². The molecule has 178 valence electrons. The van der Waals surface area contributed by atoms with E-state index in [-0.39, 0.29) is 24.0 Å². The lowest BCUT2D eigenvalue weighted by Crippen LogP contribution is -2.51. The molecule has 8 heteroatoms. The molecular formula is C25H33N3O4S. The van der Waals surface area contributed by atoms with Crippen LogP contribution in [0.5, 0.6) is 0 Å². The molecule has 2 N–H and O–H groups in total. The van der Waals surface area contributed by atoms with Crippen molar-refractivity contribution in [3.63, 3.8) is 0 Å². The van der Waals surface area contributed by atoms with Crippen molar-refractivity contribution < 1.29 is 17.9 Å². The maximum Gasteiger partial charge on any atom is 0.241 e. The first-order chi connectivity index (χ1) is 15.7. The van der Waals surface area contributed by atoms with Gasteiger partial charge < -0.3 is 15.4 Å². The molecule has 2 aromatic rings. The molecule has 0 bridgehead atoms. The Morgan fingerprint density at radius 2 is 1.79 bits per heavy atom. The maximum absolute atomic E-state index is 12.9. The van der Waals surface area contributed by atoms with Gasteiger partial charge in [-0.2, -0.15) is 4.31 Å². The quantitative estimate of drug-likeness (QED) is 0.670. The third-order valence-electron chi connectivity index (χ3n) is 7.20. The van der Waals surface area contributed by atoms with Crippen LogP contribution in [0.2, 0.25) is 0 Å². The van der Waals surface area contributed by atoms with Gasteiger partial charge in [0.05, 0.1) is 25.5 Å². The monoisotopic (exact) mass is 471 g/mol. The van der Waals surface area contributed by atoms with E-state index in [0.717, 1.165) is 30.4 Å². The number of benzene rings is 2. The summed E-state index contributed by atoms with van der Waals surface area (Å²) in [5, 5.41) is 0. The molecule has 1 amide bonds. The molecule has 2 atom stereocenters. The molecule has 0 saturated carbocycles. The Labute approximate surface area is 196 Å². The van der Waals surface area contributed by atoms with Crippen molar-refractivity contribution in [2.45, 2.75) is 43.4 Å². The van der Waals surface area contributed by atoms with Crippen LogP contribution in [0.25, 0.3) is 0 Å². The fourth-order valence-electron chi connectivity index (χ4n) is 5.23. The van der Waals surface area contributed by atoms with Gasteiger partial charge in [0, 0.05) is 25.6 Å². The van der Waals surface area contributed by atoms with Gasteiger partial charge in [-0.1, -0.05) is 54.6 Å². The highest BCUT2D eigenvalue weighted by Gasteiger charge is 2.48. The van der Waals surface area contributed by atoms with E-state index in [2.05, 4.69) is 6.07 Å². The Morgan fingerprint density at radius 3 is 2.45 bits per heavy atom. The van der Waals surface area contributed by atoms with Crippen molar-refractivity contribution >= 4 is 15.9 Å². The number of ether oxygens (including phenoxy) is 1. The highest BCUT2D eigenvalue weighted by Crippen LogP contribution is 2.52. The molecule has 2 aromatic carbocycles. The van der Waals surface area contributed by atoms with E-state index in [1.807, 2.05) is 53.4 Å². The molecule has 1 unspecified atom stereocenters. The van der Waals surface area contributed by atoms with Crippen molar-refractivity contribution in [1.29, 1.82) is 0 Å². The lowest BCUT2D eigenvalue weighted by molar-refractivity contribution is -0.135. The maximum atomic E-state index is 12.9. The first-order valence-electron chi connectivity index (χ1n) is 11.4. The largest absolute Gasteiger partial charge is 0.375 e. The topological polar surface area (TPSA) is 92.9 Å². The predicted molar refractivity (Wildman–Crippen MR) is 128 cm³/mol. The number of hydrogen-bond acceptors (Lipinski definition) is 5. The molecule has 1 saturated heterocycles. The minimum absolute atomic E-state index is 0.0889. The summed E-state index contributed by atoms with van der Waals surface area (Å²) in [5.74, 6) is -0.0889. The minimum Gasteiger partial charge on any atom is -0.375 e. The Morgan fingerprint density at radius 1 is 1.15 bits per heavy atom. The second-order valence-corrected chi connectivity index (χ2v) is 11.3. The van der Waals surface area contributed by atoms with Crippen molar-refractivity contribution in [2.24, 2.45) is 5.73 Å². The van der Waals surface area contributed by atoms with E-state index in [0.29, 0.717) is 19.7 Å². The summed E-state index contributed by atoms with van der Waals surface area (Å²) in [6, 6.07) is 17.1. The molecule has 1 aliphatic heterocycles. The molecule has 0 radical (unpaired) electrons. The lowest BCUT2D eigenvalue weighted by atomic mass is 9.73. The van der Waals surface area contributed by atoms with Crippen LogP contribution >= 0.6 is 0 Å². The lowest BCUT2D eigenvalue weighted by Gasteiger charge is -2.41. The molecule has 1 fully saturated rings. The third kappa shape index (κ3) is 4.99. The van der Waals surface area contributed by atoms with Gasteiger partial charge in [-0.3, -0.25) is 4.79 Å². The summed E-state index contributed by atoms with van der Waals surface area (Å²) in [4.78, 5) is 14.8. The number of amides is 1. The molecule has 7 nitrogen and oxygen atoms in total. The number of carbonyl (C=O) groups excluding carboxylic acids is 1. The Bertz CT molecular complexity index is 1080. The standard InChI is InChI=1S/C25H33N3O4S/c1-27(33(2,30)31)23-16-25(21-11-7-6-10-20(21)23)12-14-28(15-13-25)24(29)22(26)18-32-17-19-8-4-3-5-9-19/h3-11,22-23H,12-18,26H2,1-2H3/t22-,23?/m1/s1. The van der Waals surface area contributed by atoms with Crippen molar-refractivity contribution in [3.05, 3.63) is 71.3 Å². The van der Waals surface area contributed by atoms with E-state index >= 15 is 0 Å². The number of fused-ring (bicyclic) bond motifs is 2. The number of piperidine rings is 1. The zero-order valence-electron chi connectivity index (χ0n) is 19.3. The molecular weight excluding hydrogens is 438 g/mol. The molecule has 2 aliphatic rings. The van der Waals surface area contributed by atoms with Gasteiger partial charge in [0.25, 0.3) is 0 Å². The van der Waals surface area contributed by atoms with Gasteiger partial charge in [-0.05, 0) is 36.0 Å². The van der Waals surface area contributed by atoms with Gasteiger partial charge in [0.1, 0.15) is 6.04 Å². The highest BCUT2D eigenvalue weighted by atomic mass is 32.2. The van der Waals surface area contributed by atoms with Gasteiger partial charge in [-0.25, -0.2) is 8.42 Å². The number of nitrogens with two attached hydrogens (primary N) is 1. The molecule has 4 rings (SSSR count). The fraction of sp³-hybridized carbons (Fsp3) is 0.480. The van der Waals surface area contributed by atoms with Crippen molar-refractivity contribution in [3.8, 4) is 0 Å². The second kappa shape index (κ2) is 9.54. The second-order valence-electron chi connectivity index (χ2n) is 9.30. The molecule has 1 heterocycles. The number of sulfonamides is 1. The van der Waals surface area contributed by atoms with Crippen LogP contribution in [0.15, 0.2) is 54.6 Å². The number of hydrogen-bond donors (Lipinski definition) is 1. The van der Waals surface area contributed by atoms with E-state index in [4.69, 9.17) is 10.5 Å². The minimum atomic E-state index is -3.31. The zero-order chi connectivity index (χ0) is 23.6. The normalized spacial score (nSPS) is 20.7. The van der Waals surface area contributed by atoms with Crippen LogP contribution in [-0.4, -0.2) is 62.6 Å². The van der Waals surface area contributed by atoms with Gasteiger partial charge in [0.15, 0.2) is 0 Å². The smallest absolute Gasteiger partial charge is 0.241 e. The summed E-state index contributed by atoms with van der Waals surface area (Å²) < 4.78 is 31.6. The van der Waals surface area contributed by atoms with E-state index in [9.17, 15) is 13.2 Å². The highest BCUT2D eigenvalue weighted by molar-refractivity contribution is 7.88. The zero-order valence-corrected chi connectivity index (χ0v) is 20.1. The first kappa shape index (κ1) is 23.9. The van der Waals surface area contributed by atoms with Crippen molar-refractivity contribution in [2.75, 3.05) is 33.0 Å². The summed E-state index contributed by atoms with van der Waals surface area (Å²) >= 11 is 0. The van der Waals surface area contributed by atoms with Crippen molar-refractivity contribution in [1.82, 2.24) is 9.21 Å².